The molecule has 0 amide bonds. The minimum Gasteiger partial charge on any atom is -0.488 e. The van der Waals surface area contributed by atoms with Crippen molar-refractivity contribution < 1.29 is 14.2 Å². The molecule has 0 saturated heterocycles. The fourth-order valence-corrected chi connectivity index (χ4v) is 1.26. The summed E-state index contributed by atoms with van der Waals surface area (Å²) in [6, 6.07) is 0. The number of nitrogens with zero attached hydrogens (tertiary/aromatic N) is 4. The van der Waals surface area contributed by atoms with E-state index in [-0.39, 0.29) is 0 Å². The van der Waals surface area contributed by atoms with Gasteiger partial charge in [-0.3, -0.25) is 0 Å². The van der Waals surface area contributed by atoms with Crippen LogP contribution in [0.1, 0.15) is 0 Å². The lowest BCUT2D eigenvalue weighted by atomic mass is 10.6. The number of hydrogen-bond donors (Lipinski definition) is 0. The van der Waals surface area contributed by atoms with Crippen molar-refractivity contribution in [3.63, 3.8) is 0 Å². The molecule has 0 radical (unpaired) electrons. The first kappa shape index (κ1) is 13.2. The number of rotatable bonds is 8. The largest absolute Gasteiger partial charge is 0.488 e. The van der Waals surface area contributed by atoms with Gasteiger partial charge in [-0.25, -0.2) is 19.9 Å². The molecule has 0 N–H and O–H groups in total. The van der Waals surface area contributed by atoms with E-state index in [0.29, 0.717) is 37.9 Å². The van der Waals surface area contributed by atoms with Gasteiger partial charge in [-0.15, -0.1) is 0 Å². The van der Waals surface area contributed by atoms with Gasteiger partial charge in [-0.1, -0.05) is 0 Å². The zero-order valence-corrected chi connectivity index (χ0v) is 10.3. The highest BCUT2D eigenvalue weighted by Crippen LogP contribution is 2.04. The number of ether oxygens (including phenoxy) is 3. The Hall–Kier alpha value is -2.28. The average Bonchev–Trinajstić information content (AvgIpc) is 2.48. The van der Waals surface area contributed by atoms with Crippen molar-refractivity contribution in [2.75, 3.05) is 26.4 Å². The van der Waals surface area contributed by atoms with Crippen LogP contribution in [0.25, 0.3) is 0 Å². The summed E-state index contributed by atoms with van der Waals surface area (Å²) in [5.74, 6) is 1.26. The molecule has 0 aromatic carbocycles. The SMILES string of the molecule is c1ncc(OCCOCCOc2cncnc2)cn1. The third-order valence-corrected chi connectivity index (χ3v) is 2.07. The molecule has 7 heteroatoms. The van der Waals surface area contributed by atoms with E-state index in [1.165, 1.54) is 12.7 Å². The van der Waals surface area contributed by atoms with Crippen LogP contribution in [0.3, 0.4) is 0 Å². The van der Waals surface area contributed by atoms with Crippen LogP contribution in [0.15, 0.2) is 37.4 Å². The van der Waals surface area contributed by atoms with Gasteiger partial charge in [0.1, 0.15) is 25.9 Å². The summed E-state index contributed by atoms with van der Waals surface area (Å²) in [5, 5.41) is 0. The smallest absolute Gasteiger partial charge is 0.155 e. The highest BCUT2D eigenvalue weighted by Gasteiger charge is 1.95. The van der Waals surface area contributed by atoms with E-state index in [1.807, 2.05) is 0 Å². The zero-order chi connectivity index (χ0) is 13.2. The minimum atomic E-state index is 0.446. The molecule has 0 atom stereocenters. The molecule has 100 valence electrons. The lowest BCUT2D eigenvalue weighted by molar-refractivity contribution is 0.0760. The van der Waals surface area contributed by atoms with Gasteiger partial charge in [0.15, 0.2) is 11.5 Å². The Balaban J connectivity index is 1.49. The molecule has 2 aromatic rings. The maximum Gasteiger partial charge on any atom is 0.155 e. The van der Waals surface area contributed by atoms with E-state index in [4.69, 9.17) is 14.2 Å². The zero-order valence-electron chi connectivity index (χ0n) is 10.3. The lowest BCUT2D eigenvalue weighted by Gasteiger charge is -2.07. The van der Waals surface area contributed by atoms with E-state index in [0.717, 1.165) is 0 Å². The van der Waals surface area contributed by atoms with Gasteiger partial charge in [0, 0.05) is 0 Å². The molecule has 2 aromatic heterocycles. The molecule has 19 heavy (non-hydrogen) atoms. The van der Waals surface area contributed by atoms with Gasteiger partial charge >= 0.3 is 0 Å². The summed E-state index contributed by atoms with van der Waals surface area (Å²) in [4.78, 5) is 15.4. The summed E-state index contributed by atoms with van der Waals surface area (Å²) in [5.41, 5.74) is 0. The van der Waals surface area contributed by atoms with Crippen LogP contribution < -0.4 is 9.47 Å². The minimum absolute atomic E-state index is 0.446. The quantitative estimate of drug-likeness (QED) is 0.649. The number of aromatic nitrogens is 4. The fourth-order valence-electron chi connectivity index (χ4n) is 1.26. The van der Waals surface area contributed by atoms with Gasteiger partial charge < -0.3 is 14.2 Å². The number of hydrogen-bond acceptors (Lipinski definition) is 7. The monoisotopic (exact) mass is 262 g/mol. The first-order chi connectivity index (χ1) is 9.45. The summed E-state index contributed by atoms with van der Waals surface area (Å²) >= 11 is 0. The Morgan fingerprint density at radius 3 is 1.47 bits per heavy atom. The van der Waals surface area contributed by atoms with E-state index in [2.05, 4.69) is 19.9 Å². The van der Waals surface area contributed by atoms with E-state index in [1.54, 1.807) is 24.8 Å². The van der Waals surface area contributed by atoms with Crippen molar-refractivity contribution >= 4 is 0 Å². The van der Waals surface area contributed by atoms with E-state index >= 15 is 0 Å². The Morgan fingerprint density at radius 1 is 0.632 bits per heavy atom. The van der Waals surface area contributed by atoms with Crippen LogP contribution in [0.4, 0.5) is 0 Å². The van der Waals surface area contributed by atoms with Crippen molar-refractivity contribution in [2.24, 2.45) is 0 Å². The average molecular weight is 262 g/mol. The molecule has 7 nitrogen and oxygen atoms in total. The van der Waals surface area contributed by atoms with E-state index in [9.17, 15) is 0 Å². The third kappa shape index (κ3) is 5.26. The second-order valence-corrected chi connectivity index (χ2v) is 3.46. The summed E-state index contributed by atoms with van der Waals surface area (Å²) < 4.78 is 16.1. The highest BCUT2D eigenvalue weighted by atomic mass is 16.5. The summed E-state index contributed by atoms with van der Waals surface area (Å²) in [7, 11) is 0. The van der Waals surface area contributed by atoms with Crippen molar-refractivity contribution in [3.8, 4) is 11.5 Å². The molecule has 0 bridgehead atoms. The Bertz CT molecular complexity index is 412. The van der Waals surface area contributed by atoms with Crippen LogP contribution in [-0.2, 0) is 4.74 Å². The second kappa shape index (κ2) is 7.93. The molecule has 2 rings (SSSR count). The molecule has 0 fully saturated rings. The second-order valence-electron chi connectivity index (χ2n) is 3.46. The summed E-state index contributed by atoms with van der Waals surface area (Å²) in [6.07, 6.45) is 9.32. The van der Waals surface area contributed by atoms with E-state index < -0.39 is 0 Å². The molecular weight excluding hydrogens is 248 g/mol. The van der Waals surface area contributed by atoms with Crippen molar-refractivity contribution in [2.45, 2.75) is 0 Å². The highest BCUT2D eigenvalue weighted by molar-refractivity contribution is 5.10. The van der Waals surface area contributed by atoms with Crippen molar-refractivity contribution in [1.29, 1.82) is 0 Å². The molecule has 2 heterocycles. The maximum atomic E-state index is 5.36. The van der Waals surface area contributed by atoms with Crippen LogP contribution in [-0.4, -0.2) is 46.4 Å². The first-order valence-corrected chi connectivity index (χ1v) is 5.78. The molecule has 0 spiro atoms. The Kier molecular flexibility index (Phi) is 5.49. The maximum absolute atomic E-state index is 5.36. The molecule has 0 unspecified atom stereocenters. The van der Waals surface area contributed by atoms with Crippen LogP contribution in [0, 0.1) is 0 Å². The van der Waals surface area contributed by atoms with Crippen molar-refractivity contribution in [1.82, 2.24) is 19.9 Å². The third-order valence-electron chi connectivity index (χ3n) is 2.07. The normalized spacial score (nSPS) is 10.1. The summed E-state index contributed by atoms with van der Waals surface area (Å²) in [6.45, 7) is 1.84. The van der Waals surface area contributed by atoms with Crippen LogP contribution in [0.2, 0.25) is 0 Å². The first-order valence-electron chi connectivity index (χ1n) is 5.78. The molecule has 0 aliphatic carbocycles. The van der Waals surface area contributed by atoms with Crippen LogP contribution >= 0.6 is 0 Å². The Labute approximate surface area is 110 Å². The standard InChI is InChI=1S/C12H14N4O3/c1(3-18-11-5-13-9-14-6-11)17-2-4-19-12-7-15-10-16-8-12/h5-10H,1-4H2. The van der Waals surface area contributed by atoms with Gasteiger partial charge in [0.2, 0.25) is 0 Å². The molecular formula is C12H14N4O3. The van der Waals surface area contributed by atoms with Gasteiger partial charge in [-0.05, 0) is 0 Å². The molecule has 0 saturated carbocycles. The van der Waals surface area contributed by atoms with Crippen molar-refractivity contribution in [3.05, 3.63) is 37.4 Å². The van der Waals surface area contributed by atoms with Gasteiger partial charge in [0.25, 0.3) is 0 Å². The molecule has 0 aliphatic heterocycles. The fraction of sp³-hybridized carbons (Fsp3) is 0.333. The predicted molar refractivity (Wildman–Crippen MR) is 65.9 cm³/mol. The molecule has 0 aliphatic rings. The topological polar surface area (TPSA) is 79.2 Å². The van der Waals surface area contributed by atoms with Crippen LogP contribution in [0.5, 0.6) is 11.5 Å². The lowest BCUT2D eigenvalue weighted by Crippen LogP contribution is -2.12. The predicted octanol–water partition coefficient (Wildman–Crippen LogP) is 0.741. The Morgan fingerprint density at radius 2 is 1.05 bits per heavy atom. The van der Waals surface area contributed by atoms with Gasteiger partial charge in [0.05, 0.1) is 38.0 Å². The van der Waals surface area contributed by atoms with Gasteiger partial charge in [-0.2, -0.15) is 0 Å².